The van der Waals surface area contributed by atoms with Crippen LogP contribution < -0.4 is 15.1 Å². The van der Waals surface area contributed by atoms with Gasteiger partial charge in [-0.05, 0) is 25.0 Å². The summed E-state index contributed by atoms with van der Waals surface area (Å²) in [5, 5.41) is 9.34. The Balaban J connectivity index is 1.65. The van der Waals surface area contributed by atoms with Gasteiger partial charge in [-0.1, -0.05) is 19.3 Å². The fraction of sp³-hybridized carbons (Fsp3) is 0.647. The Kier molecular flexibility index (Phi) is 5.05. The minimum Gasteiger partial charge on any atom is -0.497 e. The first-order chi connectivity index (χ1) is 10.8. The molecule has 22 heavy (non-hydrogen) atoms. The third-order valence-corrected chi connectivity index (χ3v) is 5.07. The van der Waals surface area contributed by atoms with Crippen molar-refractivity contribution in [2.75, 3.05) is 43.7 Å². The predicted molar refractivity (Wildman–Crippen MR) is 89.1 cm³/mol. The van der Waals surface area contributed by atoms with E-state index in [9.17, 15) is 5.21 Å². The van der Waals surface area contributed by atoms with E-state index in [-0.39, 0.29) is 0 Å². The van der Waals surface area contributed by atoms with Gasteiger partial charge in [0.2, 0.25) is 0 Å². The molecule has 1 aromatic rings. The summed E-state index contributed by atoms with van der Waals surface area (Å²) in [6, 6.07) is 6.51. The molecule has 1 aliphatic heterocycles. The summed E-state index contributed by atoms with van der Waals surface area (Å²) < 4.78 is 5.31. The number of nitrogens with zero attached hydrogens (tertiary/aromatic N) is 2. The van der Waals surface area contributed by atoms with Gasteiger partial charge in [0.15, 0.2) is 0 Å². The van der Waals surface area contributed by atoms with Crippen molar-refractivity contribution in [3.05, 3.63) is 18.2 Å². The van der Waals surface area contributed by atoms with E-state index >= 15 is 0 Å². The molecule has 1 saturated heterocycles. The molecule has 0 radical (unpaired) electrons. The van der Waals surface area contributed by atoms with Crippen molar-refractivity contribution < 1.29 is 9.94 Å². The van der Waals surface area contributed by atoms with E-state index in [1.807, 2.05) is 18.2 Å². The molecule has 5 nitrogen and oxygen atoms in total. The lowest BCUT2D eigenvalue weighted by Crippen LogP contribution is -2.51. The van der Waals surface area contributed by atoms with E-state index in [4.69, 9.17) is 4.74 Å². The van der Waals surface area contributed by atoms with Crippen LogP contribution in [0, 0.1) is 0 Å². The molecule has 0 unspecified atom stereocenters. The van der Waals surface area contributed by atoms with Crippen LogP contribution in [0.15, 0.2) is 18.2 Å². The summed E-state index contributed by atoms with van der Waals surface area (Å²) in [5.74, 6) is 0.823. The third-order valence-electron chi connectivity index (χ3n) is 5.07. The Morgan fingerprint density at radius 1 is 1.09 bits per heavy atom. The fourth-order valence-corrected chi connectivity index (χ4v) is 3.77. The summed E-state index contributed by atoms with van der Waals surface area (Å²) in [4.78, 5) is 4.99. The molecule has 2 N–H and O–H groups in total. The lowest BCUT2D eigenvalue weighted by molar-refractivity contribution is 0.148. The summed E-state index contributed by atoms with van der Waals surface area (Å²) in [6.45, 7) is 4.20. The number of anilines is 2. The number of methoxy groups -OCH3 is 1. The maximum atomic E-state index is 9.34. The number of benzene rings is 1. The van der Waals surface area contributed by atoms with Gasteiger partial charge in [0.05, 0.1) is 18.5 Å². The molecule has 1 aliphatic carbocycles. The summed E-state index contributed by atoms with van der Waals surface area (Å²) in [6.07, 6.45) is 6.91. The van der Waals surface area contributed by atoms with Crippen LogP contribution in [0.5, 0.6) is 5.75 Å². The van der Waals surface area contributed by atoms with Crippen molar-refractivity contribution in [1.82, 2.24) is 4.90 Å². The van der Waals surface area contributed by atoms with Gasteiger partial charge >= 0.3 is 0 Å². The van der Waals surface area contributed by atoms with Gasteiger partial charge in [-0.3, -0.25) is 15.6 Å². The standard InChI is InChI=1S/C17H27N3O2/c1-22-15-7-8-16(18-21)17(13-15)20-11-9-19(10-12-20)14-5-3-2-4-6-14/h7-8,13-14,18,21H,2-6,9-12H2,1H3. The molecular weight excluding hydrogens is 278 g/mol. The number of nitrogens with one attached hydrogen (secondary N) is 1. The zero-order valence-corrected chi connectivity index (χ0v) is 13.4. The smallest absolute Gasteiger partial charge is 0.121 e. The molecule has 5 heteroatoms. The molecule has 3 rings (SSSR count). The topological polar surface area (TPSA) is 48.0 Å². The quantitative estimate of drug-likeness (QED) is 0.838. The molecule has 0 amide bonds. The Hall–Kier alpha value is -1.46. The molecule has 122 valence electrons. The molecule has 0 bridgehead atoms. The molecule has 0 atom stereocenters. The molecule has 1 heterocycles. The van der Waals surface area contributed by atoms with Crippen LogP contribution in [0.1, 0.15) is 32.1 Å². The van der Waals surface area contributed by atoms with Crippen LogP contribution in [-0.2, 0) is 0 Å². The Morgan fingerprint density at radius 2 is 1.82 bits per heavy atom. The second-order valence-corrected chi connectivity index (χ2v) is 6.31. The Labute approximate surface area is 132 Å². The molecule has 0 spiro atoms. The van der Waals surface area contributed by atoms with Crippen LogP contribution in [0.3, 0.4) is 0 Å². The molecule has 1 aromatic carbocycles. The van der Waals surface area contributed by atoms with Gasteiger partial charge < -0.3 is 9.64 Å². The van der Waals surface area contributed by atoms with E-state index in [0.29, 0.717) is 0 Å². The van der Waals surface area contributed by atoms with Crippen LogP contribution in [-0.4, -0.2) is 49.4 Å². The second kappa shape index (κ2) is 7.20. The molecule has 2 fully saturated rings. The average molecular weight is 305 g/mol. The number of hydrogen-bond acceptors (Lipinski definition) is 5. The number of piperazine rings is 1. The van der Waals surface area contributed by atoms with E-state index in [1.165, 1.54) is 32.1 Å². The highest BCUT2D eigenvalue weighted by Crippen LogP contribution is 2.32. The zero-order chi connectivity index (χ0) is 15.4. The molecule has 2 aliphatic rings. The third kappa shape index (κ3) is 3.31. The van der Waals surface area contributed by atoms with E-state index < -0.39 is 0 Å². The summed E-state index contributed by atoms with van der Waals surface area (Å²) >= 11 is 0. The van der Waals surface area contributed by atoms with Crippen molar-refractivity contribution in [3.63, 3.8) is 0 Å². The Bertz CT molecular complexity index is 481. The van der Waals surface area contributed by atoms with Crippen molar-refractivity contribution in [2.24, 2.45) is 0 Å². The van der Waals surface area contributed by atoms with E-state index in [1.54, 1.807) is 7.11 Å². The van der Waals surface area contributed by atoms with Crippen molar-refractivity contribution in [2.45, 2.75) is 38.1 Å². The number of hydrogen-bond donors (Lipinski definition) is 2. The largest absolute Gasteiger partial charge is 0.497 e. The Morgan fingerprint density at radius 3 is 2.45 bits per heavy atom. The highest BCUT2D eigenvalue weighted by atomic mass is 16.5. The monoisotopic (exact) mass is 305 g/mol. The van der Waals surface area contributed by atoms with E-state index in [2.05, 4.69) is 15.3 Å². The van der Waals surface area contributed by atoms with Crippen molar-refractivity contribution in [1.29, 1.82) is 0 Å². The highest BCUT2D eigenvalue weighted by Gasteiger charge is 2.26. The van der Waals surface area contributed by atoms with Gasteiger partial charge in [-0.2, -0.15) is 0 Å². The number of ether oxygens (including phenoxy) is 1. The van der Waals surface area contributed by atoms with Crippen molar-refractivity contribution >= 4 is 11.4 Å². The summed E-state index contributed by atoms with van der Waals surface area (Å²) in [5.41, 5.74) is 4.07. The normalized spacial score (nSPS) is 20.9. The van der Waals surface area contributed by atoms with Crippen LogP contribution >= 0.6 is 0 Å². The van der Waals surface area contributed by atoms with Crippen molar-refractivity contribution in [3.8, 4) is 5.75 Å². The van der Waals surface area contributed by atoms with Gasteiger partial charge in [0, 0.05) is 38.3 Å². The summed E-state index contributed by atoms with van der Waals surface area (Å²) in [7, 11) is 1.67. The molecule has 1 saturated carbocycles. The first kappa shape index (κ1) is 15.4. The van der Waals surface area contributed by atoms with Crippen LogP contribution in [0.2, 0.25) is 0 Å². The maximum absolute atomic E-state index is 9.34. The minimum atomic E-state index is 0.743. The lowest BCUT2D eigenvalue weighted by Gasteiger charge is -2.42. The zero-order valence-electron chi connectivity index (χ0n) is 13.4. The second-order valence-electron chi connectivity index (χ2n) is 6.31. The molecular formula is C17H27N3O2. The minimum absolute atomic E-state index is 0.743. The number of rotatable bonds is 4. The van der Waals surface area contributed by atoms with E-state index in [0.717, 1.165) is 49.3 Å². The first-order valence-electron chi connectivity index (χ1n) is 8.39. The lowest BCUT2D eigenvalue weighted by atomic mass is 9.94. The maximum Gasteiger partial charge on any atom is 0.121 e. The van der Waals surface area contributed by atoms with Crippen LogP contribution in [0.25, 0.3) is 0 Å². The SMILES string of the molecule is COc1ccc(NO)c(N2CCN(C3CCCCC3)CC2)c1. The highest BCUT2D eigenvalue weighted by molar-refractivity contribution is 5.71. The fourth-order valence-electron chi connectivity index (χ4n) is 3.77. The van der Waals surface area contributed by atoms with Crippen LogP contribution in [0.4, 0.5) is 11.4 Å². The van der Waals surface area contributed by atoms with Gasteiger partial charge in [0.1, 0.15) is 5.75 Å². The van der Waals surface area contributed by atoms with Gasteiger partial charge in [-0.25, -0.2) is 0 Å². The predicted octanol–water partition coefficient (Wildman–Crippen LogP) is 2.95. The van der Waals surface area contributed by atoms with Gasteiger partial charge in [0.25, 0.3) is 0 Å². The first-order valence-corrected chi connectivity index (χ1v) is 8.39. The molecule has 0 aromatic heterocycles. The average Bonchev–Trinajstić information content (AvgIpc) is 2.62. The van der Waals surface area contributed by atoms with Gasteiger partial charge in [-0.15, -0.1) is 0 Å².